The number of nitrogens with zero attached hydrogens (tertiary/aromatic N) is 2. The van der Waals surface area contributed by atoms with Crippen molar-refractivity contribution in [1.29, 1.82) is 0 Å². The van der Waals surface area contributed by atoms with Crippen LogP contribution in [-0.4, -0.2) is 63.0 Å². The lowest BCUT2D eigenvalue weighted by Crippen LogP contribution is -2.40. The number of nitrogens with two attached hydrogens (primary N) is 1. The molecule has 0 aliphatic carbocycles. The van der Waals surface area contributed by atoms with Gasteiger partial charge in [0.2, 0.25) is 0 Å². The Labute approximate surface area is 84.8 Å². The third kappa shape index (κ3) is 7.17. The molecule has 5 heteroatoms. The second kappa shape index (κ2) is 6.27. The van der Waals surface area contributed by atoms with Crippen molar-refractivity contribution >= 4 is 0 Å². The number of hydrogen-bond donors (Lipinski definition) is 1. The van der Waals surface area contributed by atoms with Crippen LogP contribution in [0.25, 0.3) is 0 Å². The van der Waals surface area contributed by atoms with E-state index in [1.165, 1.54) is 0 Å². The van der Waals surface area contributed by atoms with E-state index in [0.29, 0.717) is 6.54 Å². The first-order valence-corrected chi connectivity index (χ1v) is 4.78. The second-order valence-electron chi connectivity index (χ2n) is 3.95. The van der Waals surface area contributed by atoms with Crippen LogP contribution in [0, 0.1) is 0 Å². The molecule has 0 aromatic rings. The zero-order chi connectivity index (χ0) is 11.2. The molecule has 0 aromatic heterocycles. The zero-order valence-corrected chi connectivity index (χ0v) is 9.26. The molecule has 3 nitrogen and oxygen atoms in total. The minimum Gasteiger partial charge on any atom is -0.325 e. The van der Waals surface area contributed by atoms with Gasteiger partial charge in [-0.05, 0) is 40.7 Å². The summed E-state index contributed by atoms with van der Waals surface area (Å²) >= 11 is 0. The molecule has 0 aliphatic rings. The summed E-state index contributed by atoms with van der Waals surface area (Å²) in [4.78, 5) is 3.66. The highest BCUT2D eigenvalue weighted by Gasteiger charge is 2.28. The van der Waals surface area contributed by atoms with E-state index in [0.717, 1.165) is 13.0 Å². The van der Waals surface area contributed by atoms with Crippen LogP contribution >= 0.6 is 0 Å². The van der Waals surface area contributed by atoms with Gasteiger partial charge in [-0.15, -0.1) is 0 Å². The Morgan fingerprint density at radius 3 is 2.14 bits per heavy atom. The van der Waals surface area contributed by atoms with Crippen molar-refractivity contribution in [2.24, 2.45) is 5.73 Å². The lowest BCUT2D eigenvalue weighted by atomic mass is 10.3. The Bertz CT molecular complexity index is 151. The van der Waals surface area contributed by atoms with Gasteiger partial charge < -0.3 is 15.5 Å². The lowest BCUT2D eigenvalue weighted by Gasteiger charge is -2.23. The molecule has 0 unspecified atom stereocenters. The maximum Gasteiger partial charge on any atom is 0.272 e. The average molecular weight is 209 g/mol. The van der Waals surface area contributed by atoms with Crippen LogP contribution in [0.4, 0.5) is 8.78 Å². The third-order valence-corrected chi connectivity index (χ3v) is 1.95. The molecule has 0 aliphatic heterocycles. The molecule has 0 saturated carbocycles. The fourth-order valence-corrected chi connectivity index (χ4v) is 1.20. The first-order chi connectivity index (χ1) is 6.37. The van der Waals surface area contributed by atoms with Crippen LogP contribution in [-0.2, 0) is 0 Å². The normalized spacial score (nSPS) is 12.9. The molecule has 0 radical (unpaired) electrons. The van der Waals surface area contributed by atoms with Crippen molar-refractivity contribution in [3.05, 3.63) is 0 Å². The highest BCUT2D eigenvalue weighted by Crippen LogP contribution is 2.12. The van der Waals surface area contributed by atoms with Crippen LogP contribution in [0.2, 0.25) is 0 Å². The molecular weight excluding hydrogens is 188 g/mol. The van der Waals surface area contributed by atoms with Gasteiger partial charge in [0.25, 0.3) is 5.92 Å². The Balaban J connectivity index is 3.60. The zero-order valence-electron chi connectivity index (χ0n) is 9.26. The molecule has 86 valence electrons. The highest BCUT2D eigenvalue weighted by molar-refractivity contribution is 4.71. The number of halogens is 2. The number of hydrogen-bond acceptors (Lipinski definition) is 3. The van der Waals surface area contributed by atoms with Gasteiger partial charge in [0, 0.05) is 0 Å². The molecule has 0 bridgehead atoms. The summed E-state index contributed by atoms with van der Waals surface area (Å²) in [5, 5.41) is 0. The van der Waals surface area contributed by atoms with Crippen molar-refractivity contribution in [2.75, 3.05) is 47.3 Å². The average Bonchev–Trinajstić information content (AvgIpc) is 2.02. The van der Waals surface area contributed by atoms with Crippen molar-refractivity contribution in [1.82, 2.24) is 9.80 Å². The van der Waals surface area contributed by atoms with Gasteiger partial charge in [0.05, 0.1) is 13.1 Å². The number of rotatable bonds is 7. The van der Waals surface area contributed by atoms with E-state index >= 15 is 0 Å². The summed E-state index contributed by atoms with van der Waals surface area (Å²) in [6.45, 7) is 0.758. The van der Waals surface area contributed by atoms with E-state index in [2.05, 4.69) is 0 Å². The van der Waals surface area contributed by atoms with Crippen LogP contribution in [0.3, 0.4) is 0 Å². The van der Waals surface area contributed by atoms with Crippen molar-refractivity contribution in [2.45, 2.75) is 12.3 Å². The van der Waals surface area contributed by atoms with Crippen molar-refractivity contribution < 1.29 is 8.78 Å². The third-order valence-electron chi connectivity index (χ3n) is 1.95. The Kier molecular flexibility index (Phi) is 6.15. The summed E-state index contributed by atoms with van der Waals surface area (Å²) in [6, 6.07) is 0. The summed E-state index contributed by atoms with van der Waals surface area (Å²) in [6.07, 6.45) is 0.893. The maximum absolute atomic E-state index is 12.8. The Hall–Kier alpha value is -0.260. The monoisotopic (exact) mass is 209 g/mol. The largest absolute Gasteiger partial charge is 0.325 e. The predicted octanol–water partition coefficient (Wildman–Crippen LogP) is 0.464. The van der Waals surface area contributed by atoms with Crippen molar-refractivity contribution in [3.63, 3.8) is 0 Å². The SMILES string of the molecule is CN(C)CCCN(C)CC(F)(F)CN. The van der Waals surface area contributed by atoms with E-state index in [4.69, 9.17) is 5.73 Å². The van der Waals surface area contributed by atoms with Crippen LogP contribution in [0.1, 0.15) is 6.42 Å². The number of alkyl halides is 2. The minimum atomic E-state index is -2.76. The topological polar surface area (TPSA) is 32.5 Å². The fraction of sp³-hybridized carbons (Fsp3) is 1.00. The molecule has 14 heavy (non-hydrogen) atoms. The Morgan fingerprint density at radius 2 is 1.71 bits per heavy atom. The lowest BCUT2D eigenvalue weighted by molar-refractivity contribution is -0.0178. The quantitative estimate of drug-likeness (QED) is 0.661. The summed E-state index contributed by atoms with van der Waals surface area (Å²) in [7, 11) is 5.63. The first kappa shape index (κ1) is 13.7. The molecule has 0 aromatic carbocycles. The molecular formula is C9H21F2N3. The van der Waals surface area contributed by atoms with Gasteiger partial charge in [-0.3, -0.25) is 0 Å². The van der Waals surface area contributed by atoms with Gasteiger partial charge in [-0.2, -0.15) is 0 Å². The van der Waals surface area contributed by atoms with Gasteiger partial charge in [-0.25, -0.2) is 8.78 Å². The minimum absolute atomic E-state index is 0.253. The van der Waals surface area contributed by atoms with Gasteiger partial charge in [-0.1, -0.05) is 0 Å². The molecule has 0 atom stereocenters. The Morgan fingerprint density at radius 1 is 1.14 bits per heavy atom. The molecule has 0 saturated heterocycles. The van der Waals surface area contributed by atoms with E-state index < -0.39 is 12.5 Å². The second-order valence-corrected chi connectivity index (χ2v) is 3.95. The van der Waals surface area contributed by atoms with Crippen LogP contribution in [0.15, 0.2) is 0 Å². The highest BCUT2D eigenvalue weighted by atomic mass is 19.3. The molecule has 0 rings (SSSR count). The molecule has 0 heterocycles. The summed E-state index contributed by atoms with van der Waals surface area (Å²) in [5.41, 5.74) is 4.95. The van der Waals surface area contributed by atoms with Crippen molar-refractivity contribution in [3.8, 4) is 0 Å². The van der Waals surface area contributed by atoms with Gasteiger partial charge in [0.1, 0.15) is 0 Å². The summed E-state index contributed by atoms with van der Waals surface area (Å²) < 4.78 is 25.6. The molecule has 0 spiro atoms. The van der Waals surface area contributed by atoms with E-state index in [-0.39, 0.29) is 6.54 Å². The first-order valence-electron chi connectivity index (χ1n) is 4.78. The van der Waals surface area contributed by atoms with Crippen LogP contribution in [0.5, 0.6) is 0 Å². The fourth-order valence-electron chi connectivity index (χ4n) is 1.20. The smallest absolute Gasteiger partial charge is 0.272 e. The van der Waals surface area contributed by atoms with Crippen LogP contribution < -0.4 is 5.73 Å². The molecule has 0 amide bonds. The summed E-state index contributed by atoms with van der Waals surface area (Å²) in [5.74, 6) is -2.76. The van der Waals surface area contributed by atoms with E-state index in [1.54, 1.807) is 11.9 Å². The van der Waals surface area contributed by atoms with E-state index in [9.17, 15) is 8.78 Å². The van der Waals surface area contributed by atoms with Gasteiger partial charge in [0.15, 0.2) is 0 Å². The standard InChI is InChI=1S/C9H21F2N3/c1-13(2)5-4-6-14(3)8-9(10,11)7-12/h4-8,12H2,1-3H3. The molecule has 2 N–H and O–H groups in total. The maximum atomic E-state index is 12.8. The van der Waals surface area contributed by atoms with E-state index in [1.807, 2.05) is 19.0 Å². The molecule has 0 fully saturated rings. The van der Waals surface area contributed by atoms with Gasteiger partial charge >= 0.3 is 0 Å². The predicted molar refractivity (Wildman–Crippen MR) is 54.7 cm³/mol.